The highest BCUT2D eigenvalue weighted by atomic mass is 16.5. The fourth-order valence-electron chi connectivity index (χ4n) is 5.81. The topological polar surface area (TPSA) is 47.4 Å². The van der Waals surface area contributed by atoms with E-state index in [0.29, 0.717) is 25.0 Å². The lowest BCUT2D eigenvalue weighted by molar-refractivity contribution is -0.130. The fraction of sp³-hybridized carbons (Fsp3) is 0.517. The Bertz CT molecular complexity index is 1150. The van der Waals surface area contributed by atoms with E-state index in [0.717, 1.165) is 55.9 Å². The van der Waals surface area contributed by atoms with Gasteiger partial charge in [0, 0.05) is 31.5 Å². The first-order chi connectivity index (χ1) is 16.6. The summed E-state index contributed by atoms with van der Waals surface area (Å²) in [5.41, 5.74) is 4.66. The number of hydrogen-bond acceptors (Lipinski definition) is 3. The molecule has 0 bridgehead atoms. The molecule has 2 heterocycles. The van der Waals surface area contributed by atoms with Gasteiger partial charge in [0.2, 0.25) is 5.91 Å². The van der Waals surface area contributed by atoms with Crippen LogP contribution < -0.4 is 4.74 Å². The minimum atomic E-state index is 0.188. The van der Waals surface area contributed by atoms with Crippen LogP contribution in [0.15, 0.2) is 42.5 Å². The Morgan fingerprint density at radius 1 is 1.03 bits per heavy atom. The molecule has 1 amide bonds. The molecule has 34 heavy (non-hydrogen) atoms. The quantitative estimate of drug-likeness (QED) is 0.379. The highest BCUT2D eigenvalue weighted by Gasteiger charge is 2.37. The summed E-state index contributed by atoms with van der Waals surface area (Å²) >= 11 is 0. The molecule has 1 aliphatic carbocycles. The van der Waals surface area contributed by atoms with Gasteiger partial charge in [-0.3, -0.25) is 4.79 Å². The van der Waals surface area contributed by atoms with Gasteiger partial charge in [0.15, 0.2) is 0 Å². The summed E-state index contributed by atoms with van der Waals surface area (Å²) in [6, 6.07) is 15.2. The smallest absolute Gasteiger partial charge is 0.223 e. The number of ether oxygens (including phenoxy) is 1. The number of rotatable bonds is 8. The lowest BCUT2D eigenvalue weighted by Crippen LogP contribution is -2.37. The van der Waals surface area contributed by atoms with Crippen molar-refractivity contribution in [2.75, 3.05) is 13.2 Å². The average Bonchev–Trinajstić information content (AvgIpc) is 3.41. The summed E-state index contributed by atoms with van der Waals surface area (Å²) in [4.78, 5) is 20.1. The van der Waals surface area contributed by atoms with Crippen LogP contribution in [0.4, 0.5) is 0 Å². The number of para-hydroxylation sites is 2. The zero-order valence-corrected chi connectivity index (χ0v) is 20.6. The number of carbonyl (C=O) groups is 1. The van der Waals surface area contributed by atoms with Crippen molar-refractivity contribution in [1.82, 2.24) is 14.5 Å². The second kappa shape index (κ2) is 10.2. The predicted molar refractivity (Wildman–Crippen MR) is 136 cm³/mol. The van der Waals surface area contributed by atoms with Crippen molar-refractivity contribution in [1.29, 1.82) is 0 Å². The summed E-state index contributed by atoms with van der Waals surface area (Å²) in [6.45, 7) is 6.65. The third kappa shape index (κ3) is 4.84. The van der Waals surface area contributed by atoms with E-state index in [2.05, 4.69) is 65.8 Å². The van der Waals surface area contributed by atoms with Gasteiger partial charge >= 0.3 is 0 Å². The number of aryl methyl sites for hydroxylation is 3. The van der Waals surface area contributed by atoms with Gasteiger partial charge in [-0.25, -0.2) is 4.98 Å². The van der Waals surface area contributed by atoms with Crippen LogP contribution in [0.1, 0.15) is 74.2 Å². The normalized spacial score (nSPS) is 19.3. The summed E-state index contributed by atoms with van der Waals surface area (Å²) in [7, 11) is 0. The van der Waals surface area contributed by atoms with E-state index in [-0.39, 0.29) is 5.92 Å². The van der Waals surface area contributed by atoms with Crippen molar-refractivity contribution in [2.24, 2.45) is 0 Å². The van der Waals surface area contributed by atoms with Crippen LogP contribution in [0, 0.1) is 13.8 Å². The van der Waals surface area contributed by atoms with Crippen LogP contribution in [0.2, 0.25) is 0 Å². The third-order valence-electron chi connectivity index (χ3n) is 7.59. The molecule has 0 spiro atoms. The average molecular weight is 460 g/mol. The van der Waals surface area contributed by atoms with Crippen LogP contribution in [0.25, 0.3) is 11.0 Å². The van der Waals surface area contributed by atoms with E-state index in [1.807, 2.05) is 0 Å². The molecule has 1 saturated heterocycles. The Labute approximate surface area is 203 Å². The molecule has 2 fully saturated rings. The van der Waals surface area contributed by atoms with Crippen LogP contribution in [0.3, 0.4) is 0 Å². The Morgan fingerprint density at radius 2 is 1.85 bits per heavy atom. The SMILES string of the molecule is Cc1ccc(OCCCCn2c(C3CC(=O)N(C4CCCCC4)C3)nc3ccccc32)c(C)c1. The van der Waals surface area contributed by atoms with Gasteiger partial charge in [-0.1, -0.05) is 49.1 Å². The largest absolute Gasteiger partial charge is 0.493 e. The summed E-state index contributed by atoms with van der Waals surface area (Å²) in [5, 5.41) is 0. The van der Waals surface area contributed by atoms with Crippen molar-refractivity contribution in [2.45, 2.75) is 83.7 Å². The number of carbonyl (C=O) groups excluding carboxylic acids is 1. The number of nitrogens with zero attached hydrogens (tertiary/aromatic N) is 3. The Kier molecular flexibility index (Phi) is 6.89. The molecule has 5 nitrogen and oxygen atoms in total. The molecule has 3 aromatic rings. The zero-order chi connectivity index (χ0) is 23.5. The van der Waals surface area contributed by atoms with Gasteiger partial charge in [-0.2, -0.15) is 0 Å². The Hall–Kier alpha value is -2.82. The van der Waals surface area contributed by atoms with E-state index >= 15 is 0 Å². The maximum Gasteiger partial charge on any atom is 0.223 e. The molecule has 1 unspecified atom stereocenters. The van der Waals surface area contributed by atoms with Crippen molar-refractivity contribution in [3.63, 3.8) is 0 Å². The van der Waals surface area contributed by atoms with Crippen molar-refractivity contribution in [3.8, 4) is 5.75 Å². The second-order valence-electron chi connectivity index (χ2n) is 10.2. The van der Waals surface area contributed by atoms with E-state index in [9.17, 15) is 4.79 Å². The van der Waals surface area contributed by atoms with Crippen LogP contribution in [-0.2, 0) is 11.3 Å². The maximum atomic E-state index is 12.9. The zero-order valence-electron chi connectivity index (χ0n) is 20.6. The van der Waals surface area contributed by atoms with Gasteiger partial charge < -0.3 is 14.2 Å². The van der Waals surface area contributed by atoms with Gasteiger partial charge in [0.1, 0.15) is 11.6 Å². The molecule has 1 aliphatic heterocycles. The third-order valence-corrected chi connectivity index (χ3v) is 7.59. The maximum absolute atomic E-state index is 12.9. The lowest BCUT2D eigenvalue weighted by atomic mass is 9.94. The number of likely N-dealkylation sites (tertiary alicyclic amines) is 1. The minimum absolute atomic E-state index is 0.188. The van der Waals surface area contributed by atoms with Gasteiger partial charge in [-0.15, -0.1) is 0 Å². The minimum Gasteiger partial charge on any atom is -0.493 e. The van der Waals surface area contributed by atoms with Crippen LogP contribution in [0.5, 0.6) is 5.75 Å². The summed E-state index contributed by atoms with van der Waals surface area (Å²) in [6.07, 6.45) is 8.73. The van der Waals surface area contributed by atoms with E-state index in [1.165, 1.54) is 35.9 Å². The first kappa shape index (κ1) is 22.9. The molecule has 1 atom stereocenters. The number of hydrogen-bond donors (Lipinski definition) is 0. The summed E-state index contributed by atoms with van der Waals surface area (Å²) in [5.74, 6) is 2.57. The molecular weight excluding hydrogens is 422 g/mol. The molecule has 2 aromatic carbocycles. The van der Waals surface area contributed by atoms with Crippen LogP contribution >= 0.6 is 0 Å². The monoisotopic (exact) mass is 459 g/mol. The van der Waals surface area contributed by atoms with Crippen molar-refractivity contribution >= 4 is 16.9 Å². The molecular formula is C29H37N3O2. The number of unbranched alkanes of at least 4 members (excludes halogenated alkanes) is 1. The number of fused-ring (bicyclic) bond motifs is 1. The highest BCUT2D eigenvalue weighted by molar-refractivity contribution is 5.81. The molecule has 1 saturated carbocycles. The lowest BCUT2D eigenvalue weighted by Gasteiger charge is -2.31. The van der Waals surface area contributed by atoms with Gasteiger partial charge in [0.05, 0.1) is 17.6 Å². The molecule has 5 heteroatoms. The Balaban J connectivity index is 1.25. The number of benzene rings is 2. The molecule has 0 radical (unpaired) electrons. The molecule has 2 aliphatic rings. The van der Waals surface area contributed by atoms with Crippen molar-refractivity contribution < 1.29 is 9.53 Å². The first-order valence-electron chi connectivity index (χ1n) is 13.0. The summed E-state index contributed by atoms with van der Waals surface area (Å²) < 4.78 is 8.42. The number of aromatic nitrogens is 2. The van der Waals surface area contributed by atoms with E-state index in [4.69, 9.17) is 9.72 Å². The highest BCUT2D eigenvalue weighted by Crippen LogP contribution is 2.34. The number of imidazole rings is 1. The van der Waals surface area contributed by atoms with E-state index in [1.54, 1.807) is 0 Å². The molecule has 5 rings (SSSR count). The standard InChI is InChI=1S/C29H37N3O2/c1-21-14-15-27(22(2)18-21)34-17-9-8-16-31-26-13-7-6-12-25(26)30-29(31)23-19-28(33)32(20-23)24-10-4-3-5-11-24/h6-7,12-15,18,23-24H,3-5,8-11,16-17,19-20H2,1-2H3. The molecule has 180 valence electrons. The van der Waals surface area contributed by atoms with Crippen molar-refractivity contribution in [3.05, 3.63) is 59.4 Å². The van der Waals surface area contributed by atoms with Crippen LogP contribution in [-0.4, -0.2) is 39.6 Å². The second-order valence-corrected chi connectivity index (χ2v) is 10.2. The van der Waals surface area contributed by atoms with E-state index < -0.39 is 0 Å². The Morgan fingerprint density at radius 3 is 2.68 bits per heavy atom. The van der Waals surface area contributed by atoms with Gasteiger partial charge in [0.25, 0.3) is 0 Å². The predicted octanol–water partition coefficient (Wildman–Crippen LogP) is 6.16. The fourth-order valence-corrected chi connectivity index (χ4v) is 5.81. The number of amides is 1. The molecule has 1 aromatic heterocycles. The first-order valence-corrected chi connectivity index (χ1v) is 13.0. The van der Waals surface area contributed by atoms with Gasteiger partial charge in [-0.05, 0) is 63.3 Å². The molecule has 0 N–H and O–H groups in total.